The van der Waals surface area contributed by atoms with Crippen molar-refractivity contribution in [2.24, 2.45) is 0 Å². The standard InChI is InChI=1S/C19H18N2O6S/c22-17-14-5-1-2-6-15(14)18(23)19(16(17)21-7-10-26-11-8-21)28(24,25)20-12-13-4-3-9-27-13/h1-6,9,20H,7-8,10-12H2. The van der Waals surface area contributed by atoms with E-state index in [-0.39, 0.29) is 23.4 Å². The summed E-state index contributed by atoms with van der Waals surface area (Å²) in [7, 11) is -4.27. The van der Waals surface area contributed by atoms with Gasteiger partial charge in [0.25, 0.3) is 0 Å². The smallest absolute Gasteiger partial charge is 0.247 e. The molecule has 1 N–H and O–H groups in total. The SMILES string of the molecule is O=C1C(N2CCOCC2)=C(S(=O)(=O)NCc2ccco2)C(=O)c2ccccc21. The number of hydrogen-bond acceptors (Lipinski definition) is 7. The minimum atomic E-state index is -4.27. The summed E-state index contributed by atoms with van der Waals surface area (Å²) in [4.78, 5) is 27.3. The summed E-state index contributed by atoms with van der Waals surface area (Å²) in [6, 6.07) is 9.50. The lowest BCUT2D eigenvalue weighted by Crippen LogP contribution is -2.43. The second-order valence-corrected chi connectivity index (χ2v) is 8.09. The fourth-order valence-corrected chi connectivity index (χ4v) is 4.62. The number of hydrogen-bond donors (Lipinski definition) is 1. The molecule has 0 bridgehead atoms. The normalized spacial score (nSPS) is 17.8. The second kappa shape index (κ2) is 7.34. The first-order valence-electron chi connectivity index (χ1n) is 8.76. The number of morpholine rings is 1. The third-order valence-corrected chi connectivity index (χ3v) is 6.11. The molecule has 0 spiro atoms. The molecule has 0 amide bonds. The molecule has 2 aromatic rings. The van der Waals surface area contributed by atoms with Crippen molar-refractivity contribution in [3.63, 3.8) is 0 Å². The zero-order valence-electron chi connectivity index (χ0n) is 14.9. The number of nitrogens with zero attached hydrogens (tertiary/aromatic N) is 1. The highest BCUT2D eigenvalue weighted by atomic mass is 32.2. The van der Waals surface area contributed by atoms with Crippen molar-refractivity contribution >= 4 is 21.6 Å². The van der Waals surface area contributed by atoms with Crippen LogP contribution in [0, 0.1) is 0 Å². The number of nitrogens with one attached hydrogen (secondary N) is 1. The van der Waals surface area contributed by atoms with Crippen LogP contribution in [0.15, 0.2) is 57.7 Å². The third kappa shape index (κ3) is 3.28. The molecule has 9 heteroatoms. The van der Waals surface area contributed by atoms with E-state index in [4.69, 9.17) is 9.15 Å². The van der Waals surface area contributed by atoms with E-state index in [0.717, 1.165) is 0 Å². The summed E-state index contributed by atoms with van der Waals surface area (Å²) in [6.07, 6.45) is 1.42. The van der Waals surface area contributed by atoms with Crippen molar-refractivity contribution < 1.29 is 27.2 Å². The van der Waals surface area contributed by atoms with Gasteiger partial charge in [0, 0.05) is 24.2 Å². The van der Waals surface area contributed by atoms with E-state index >= 15 is 0 Å². The summed E-state index contributed by atoms with van der Waals surface area (Å²) in [6.45, 7) is 1.22. The number of ether oxygens (including phenoxy) is 1. The molecule has 1 fully saturated rings. The van der Waals surface area contributed by atoms with Crippen molar-refractivity contribution in [3.8, 4) is 0 Å². The molecule has 28 heavy (non-hydrogen) atoms. The fraction of sp³-hybridized carbons (Fsp3) is 0.263. The van der Waals surface area contributed by atoms with Gasteiger partial charge in [-0.15, -0.1) is 0 Å². The van der Waals surface area contributed by atoms with E-state index < -0.39 is 26.5 Å². The van der Waals surface area contributed by atoms with Gasteiger partial charge in [0.1, 0.15) is 11.5 Å². The van der Waals surface area contributed by atoms with E-state index in [2.05, 4.69) is 4.72 Å². The second-order valence-electron chi connectivity index (χ2n) is 6.38. The summed E-state index contributed by atoms with van der Waals surface area (Å²) in [5.41, 5.74) is 0.195. The van der Waals surface area contributed by atoms with Crippen LogP contribution in [-0.2, 0) is 21.3 Å². The van der Waals surface area contributed by atoms with Crippen molar-refractivity contribution in [1.29, 1.82) is 0 Å². The molecule has 0 atom stereocenters. The third-order valence-electron chi connectivity index (χ3n) is 4.67. The maximum absolute atomic E-state index is 13.1. The van der Waals surface area contributed by atoms with Gasteiger partial charge in [-0.2, -0.15) is 0 Å². The van der Waals surface area contributed by atoms with Crippen LogP contribution in [0.25, 0.3) is 0 Å². The van der Waals surface area contributed by atoms with E-state index in [1.807, 2.05) is 0 Å². The number of fused-ring (bicyclic) bond motifs is 1. The highest BCUT2D eigenvalue weighted by Gasteiger charge is 2.41. The molecule has 0 radical (unpaired) electrons. The molecule has 0 unspecified atom stereocenters. The van der Waals surface area contributed by atoms with Gasteiger partial charge in [-0.3, -0.25) is 9.59 Å². The predicted molar refractivity (Wildman–Crippen MR) is 99.0 cm³/mol. The van der Waals surface area contributed by atoms with Crippen LogP contribution >= 0.6 is 0 Å². The monoisotopic (exact) mass is 402 g/mol. The molecule has 2 heterocycles. The number of allylic oxidation sites excluding steroid dienone is 2. The van der Waals surface area contributed by atoms with Gasteiger partial charge in [-0.1, -0.05) is 24.3 Å². The lowest BCUT2D eigenvalue weighted by molar-refractivity contribution is 0.0499. The molecule has 4 rings (SSSR count). The Balaban J connectivity index is 1.80. The van der Waals surface area contributed by atoms with Crippen molar-refractivity contribution in [3.05, 3.63) is 70.2 Å². The van der Waals surface area contributed by atoms with Gasteiger partial charge >= 0.3 is 0 Å². The Bertz CT molecular complexity index is 1050. The Kier molecular flexibility index (Phi) is 4.88. The molecule has 1 aromatic carbocycles. The summed E-state index contributed by atoms with van der Waals surface area (Å²) in [5.74, 6) is -0.772. The van der Waals surface area contributed by atoms with Crippen LogP contribution < -0.4 is 4.72 Å². The van der Waals surface area contributed by atoms with E-state index in [9.17, 15) is 18.0 Å². The molecule has 1 aliphatic heterocycles. The molecule has 1 saturated heterocycles. The Morgan fingerprint density at radius 1 is 0.964 bits per heavy atom. The van der Waals surface area contributed by atoms with Crippen LogP contribution in [0.1, 0.15) is 26.5 Å². The van der Waals surface area contributed by atoms with Gasteiger partial charge in [0.2, 0.25) is 21.6 Å². The van der Waals surface area contributed by atoms with Crippen molar-refractivity contribution in [2.75, 3.05) is 26.3 Å². The van der Waals surface area contributed by atoms with Crippen molar-refractivity contribution in [2.45, 2.75) is 6.54 Å². The Labute approximate surface area is 161 Å². The minimum absolute atomic E-state index is 0.0860. The maximum atomic E-state index is 13.1. The van der Waals surface area contributed by atoms with Gasteiger partial charge < -0.3 is 14.1 Å². The number of furan rings is 1. The predicted octanol–water partition coefficient (Wildman–Crippen LogP) is 1.32. The highest BCUT2D eigenvalue weighted by molar-refractivity contribution is 7.94. The zero-order chi connectivity index (χ0) is 19.7. The Morgan fingerprint density at radius 2 is 1.64 bits per heavy atom. The fourth-order valence-electron chi connectivity index (χ4n) is 3.31. The molecule has 1 aromatic heterocycles. The van der Waals surface area contributed by atoms with Gasteiger partial charge in [-0.05, 0) is 12.1 Å². The van der Waals surface area contributed by atoms with Crippen LogP contribution in [0.5, 0.6) is 0 Å². The molecule has 2 aliphatic rings. The lowest BCUT2D eigenvalue weighted by atomic mass is 9.91. The van der Waals surface area contributed by atoms with Crippen LogP contribution in [0.2, 0.25) is 0 Å². The number of sulfonamides is 1. The van der Waals surface area contributed by atoms with Gasteiger partial charge in [0.05, 0.1) is 26.0 Å². The minimum Gasteiger partial charge on any atom is -0.468 e. The molecule has 1 aliphatic carbocycles. The van der Waals surface area contributed by atoms with Crippen LogP contribution in [-0.4, -0.2) is 51.2 Å². The molecule has 146 valence electrons. The Hall–Kier alpha value is -2.75. The topological polar surface area (TPSA) is 106 Å². The number of Topliss-reactive ketones (excluding diaryl/α,β-unsaturated/α-hetero) is 2. The zero-order valence-corrected chi connectivity index (χ0v) is 15.7. The quantitative estimate of drug-likeness (QED) is 0.804. The maximum Gasteiger partial charge on any atom is 0.247 e. The van der Waals surface area contributed by atoms with E-state index in [1.165, 1.54) is 18.4 Å². The number of ketones is 2. The number of rotatable bonds is 5. The number of benzene rings is 1. The van der Waals surface area contributed by atoms with Crippen molar-refractivity contribution in [1.82, 2.24) is 9.62 Å². The molecule has 8 nitrogen and oxygen atoms in total. The number of carbonyl (C=O) groups excluding carboxylic acids is 2. The highest BCUT2D eigenvalue weighted by Crippen LogP contribution is 2.31. The molecular weight excluding hydrogens is 384 g/mol. The molecular formula is C19H18N2O6S. The average molecular weight is 402 g/mol. The summed E-state index contributed by atoms with van der Waals surface area (Å²) < 4.78 is 38.9. The summed E-state index contributed by atoms with van der Waals surface area (Å²) >= 11 is 0. The van der Waals surface area contributed by atoms with E-state index in [1.54, 1.807) is 29.2 Å². The van der Waals surface area contributed by atoms with Crippen LogP contribution in [0.3, 0.4) is 0 Å². The molecule has 0 saturated carbocycles. The van der Waals surface area contributed by atoms with Gasteiger partial charge in [0.15, 0.2) is 4.91 Å². The first-order valence-corrected chi connectivity index (χ1v) is 10.2. The first-order chi connectivity index (χ1) is 13.5. The van der Waals surface area contributed by atoms with Crippen LogP contribution in [0.4, 0.5) is 0 Å². The Morgan fingerprint density at radius 3 is 2.29 bits per heavy atom. The number of carbonyl (C=O) groups is 2. The average Bonchev–Trinajstić information content (AvgIpc) is 3.23. The largest absolute Gasteiger partial charge is 0.468 e. The van der Waals surface area contributed by atoms with Gasteiger partial charge in [-0.25, -0.2) is 13.1 Å². The summed E-state index contributed by atoms with van der Waals surface area (Å²) in [5, 5.41) is 0. The van der Waals surface area contributed by atoms with E-state index in [0.29, 0.717) is 32.1 Å². The lowest BCUT2D eigenvalue weighted by Gasteiger charge is -2.33. The first kappa shape index (κ1) is 18.6.